The van der Waals surface area contributed by atoms with E-state index >= 15 is 0 Å². The van der Waals surface area contributed by atoms with Crippen LogP contribution in [0.1, 0.15) is 11.3 Å². The lowest BCUT2D eigenvalue weighted by Crippen LogP contribution is -1.95. The summed E-state index contributed by atoms with van der Waals surface area (Å²) in [7, 11) is 0. The average Bonchev–Trinajstić information content (AvgIpc) is 3.17. The predicted molar refractivity (Wildman–Crippen MR) is 92.8 cm³/mol. The van der Waals surface area contributed by atoms with E-state index in [-0.39, 0.29) is 0 Å². The summed E-state index contributed by atoms with van der Waals surface area (Å²) >= 11 is 7.90. The third kappa shape index (κ3) is 2.43. The quantitative estimate of drug-likeness (QED) is 0.499. The molecule has 0 saturated carbocycles. The Hall–Kier alpha value is -2.10. The monoisotopic (exact) mass is 324 g/mol. The molecule has 0 aliphatic carbocycles. The Balaban J connectivity index is 1.95. The summed E-state index contributed by atoms with van der Waals surface area (Å²) in [5.41, 5.74) is 5.54. The van der Waals surface area contributed by atoms with E-state index in [2.05, 4.69) is 33.4 Å². The number of rotatable bonds is 3. The smallest absolute Gasteiger partial charge is 0.137 e. The van der Waals surface area contributed by atoms with E-state index in [1.165, 1.54) is 11.3 Å². The van der Waals surface area contributed by atoms with Gasteiger partial charge in [0.1, 0.15) is 5.65 Å². The van der Waals surface area contributed by atoms with Crippen LogP contribution < -0.4 is 0 Å². The highest BCUT2D eigenvalue weighted by Crippen LogP contribution is 2.28. The highest BCUT2D eigenvalue weighted by atomic mass is 35.5. The van der Waals surface area contributed by atoms with Crippen LogP contribution in [0.5, 0.6) is 0 Å². The fourth-order valence-electron chi connectivity index (χ4n) is 2.65. The molecule has 0 N–H and O–H groups in total. The minimum Gasteiger partial charge on any atom is -0.302 e. The van der Waals surface area contributed by atoms with Crippen molar-refractivity contribution < 1.29 is 0 Å². The molecule has 1 aromatic carbocycles. The maximum absolute atomic E-state index is 6.18. The van der Waals surface area contributed by atoms with E-state index in [4.69, 9.17) is 16.6 Å². The molecule has 4 aromatic rings. The van der Waals surface area contributed by atoms with Gasteiger partial charge in [-0.25, -0.2) is 4.98 Å². The zero-order chi connectivity index (χ0) is 14.9. The van der Waals surface area contributed by atoms with Gasteiger partial charge in [-0.1, -0.05) is 41.9 Å². The zero-order valence-electron chi connectivity index (χ0n) is 11.7. The molecule has 0 fully saturated rings. The summed E-state index contributed by atoms with van der Waals surface area (Å²) in [6.07, 6.45) is 2.78. The Bertz CT molecular complexity index is 911. The molecule has 3 heterocycles. The van der Waals surface area contributed by atoms with Gasteiger partial charge in [-0.2, -0.15) is 11.3 Å². The fraction of sp³-hybridized carbons (Fsp3) is 0.0556. The van der Waals surface area contributed by atoms with Gasteiger partial charge < -0.3 is 4.40 Å². The second kappa shape index (κ2) is 5.59. The molecule has 0 bridgehead atoms. The summed E-state index contributed by atoms with van der Waals surface area (Å²) in [5, 5.41) is 5.00. The van der Waals surface area contributed by atoms with Crippen LogP contribution >= 0.6 is 22.9 Å². The van der Waals surface area contributed by atoms with Crippen molar-refractivity contribution in [2.75, 3.05) is 0 Å². The van der Waals surface area contributed by atoms with Crippen molar-refractivity contribution in [1.82, 2.24) is 9.38 Å². The van der Waals surface area contributed by atoms with Gasteiger partial charge in [-0.05, 0) is 34.5 Å². The SMILES string of the molecule is Clc1ccc2nc(-c3ccccc3)c(Cc3ccsc3)n2c1. The van der Waals surface area contributed by atoms with Crippen molar-refractivity contribution in [3.05, 3.63) is 81.8 Å². The minimum atomic E-state index is 0.719. The van der Waals surface area contributed by atoms with Gasteiger partial charge in [0.05, 0.1) is 16.4 Å². The van der Waals surface area contributed by atoms with Crippen molar-refractivity contribution in [3.63, 3.8) is 0 Å². The van der Waals surface area contributed by atoms with Gasteiger partial charge in [0.25, 0.3) is 0 Å². The van der Waals surface area contributed by atoms with Crippen LogP contribution in [0.3, 0.4) is 0 Å². The highest BCUT2D eigenvalue weighted by Gasteiger charge is 2.14. The number of halogens is 1. The van der Waals surface area contributed by atoms with Crippen LogP contribution in [0.4, 0.5) is 0 Å². The number of imidazole rings is 1. The van der Waals surface area contributed by atoms with Crippen LogP contribution in [-0.4, -0.2) is 9.38 Å². The second-order valence-electron chi connectivity index (χ2n) is 5.16. The Morgan fingerprint density at radius 1 is 1.05 bits per heavy atom. The standard InChI is InChI=1S/C18H13ClN2S/c19-15-6-7-17-20-18(14-4-2-1-3-5-14)16(21(17)11-15)10-13-8-9-22-12-13/h1-9,11-12H,10H2. The summed E-state index contributed by atoms with van der Waals surface area (Å²) < 4.78 is 2.10. The largest absolute Gasteiger partial charge is 0.302 e. The number of benzene rings is 1. The van der Waals surface area contributed by atoms with E-state index in [0.29, 0.717) is 0 Å². The summed E-state index contributed by atoms with van der Waals surface area (Å²) in [6.45, 7) is 0. The fourth-order valence-corrected chi connectivity index (χ4v) is 3.48. The first-order chi connectivity index (χ1) is 10.8. The van der Waals surface area contributed by atoms with Gasteiger partial charge in [0.15, 0.2) is 0 Å². The predicted octanol–water partition coefficient (Wildman–Crippen LogP) is 5.31. The zero-order valence-corrected chi connectivity index (χ0v) is 13.3. The Labute approximate surface area is 137 Å². The van der Waals surface area contributed by atoms with E-state index in [9.17, 15) is 0 Å². The Kier molecular flexibility index (Phi) is 3.45. The molecule has 3 aromatic heterocycles. The molecule has 0 amide bonds. The topological polar surface area (TPSA) is 17.3 Å². The first-order valence-electron chi connectivity index (χ1n) is 7.04. The third-order valence-corrected chi connectivity index (χ3v) is 4.64. The van der Waals surface area contributed by atoms with E-state index in [0.717, 1.165) is 28.3 Å². The van der Waals surface area contributed by atoms with Crippen molar-refractivity contribution in [1.29, 1.82) is 0 Å². The lowest BCUT2D eigenvalue weighted by molar-refractivity contribution is 1.03. The van der Waals surface area contributed by atoms with Crippen molar-refractivity contribution >= 4 is 28.6 Å². The van der Waals surface area contributed by atoms with E-state index < -0.39 is 0 Å². The van der Waals surface area contributed by atoms with Crippen molar-refractivity contribution in [2.45, 2.75) is 6.42 Å². The molecule has 0 radical (unpaired) electrons. The van der Waals surface area contributed by atoms with E-state index in [1.54, 1.807) is 11.3 Å². The molecule has 0 aliphatic heterocycles. The second-order valence-corrected chi connectivity index (χ2v) is 6.37. The average molecular weight is 325 g/mol. The first-order valence-corrected chi connectivity index (χ1v) is 8.36. The van der Waals surface area contributed by atoms with E-state index in [1.807, 2.05) is 36.5 Å². The molecule has 0 spiro atoms. The molecular weight excluding hydrogens is 312 g/mol. The van der Waals surface area contributed by atoms with Gasteiger partial charge >= 0.3 is 0 Å². The molecule has 0 saturated heterocycles. The number of hydrogen-bond donors (Lipinski definition) is 0. The minimum absolute atomic E-state index is 0.719. The molecule has 108 valence electrons. The molecule has 2 nitrogen and oxygen atoms in total. The third-order valence-electron chi connectivity index (χ3n) is 3.68. The van der Waals surface area contributed by atoms with Crippen molar-refractivity contribution in [2.24, 2.45) is 0 Å². The molecule has 0 aliphatic rings. The Morgan fingerprint density at radius 2 is 1.91 bits per heavy atom. The maximum Gasteiger partial charge on any atom is 0.137 e. The summed E-state index contributed by atoms with van der Waals surface area (Å²) in [4.78, 5) is 4.81. The molecule has 0 unspecified atom stereocenters. The first kappa shape index (κ1) is 13.6. The number of thiophene rings is 1. The number of fused-ring (bicyclic) bond motifs is 1. The lowest BCUT2D eigenvalue weighted by Gasteiger charge is -2.05. The molecule has 22 heavy (non-hydrogen) atoms. The van der Waals surface area contributed by atoms with Gasteiger partial charge in [0, 0.05) is 18.2 Å². The van der Waals surface area contributed by atoms with Crippen LogP contribution in [0.15, 0.2) is 65.5 Å². The normalized spacial score (nSPS) is 11.1. The highest BCUT2D eigenvalue weighted by molar-refractivity contribution is 7.07. The summed E-state index contributed by atoms with van der Waals surface area (Å²) in [6, 6.07) is 16.3. The van der Waals surface area contributed by atoms with Gasteiger partial charge in [-0.3, -0.25) is 0 Å². The Morgan fingerprint density at radius 3 is 2.68 bits per heavy atom. The van der Waals surface area contributed by atoms with Crippen LogP contribution in [0, 0.1) is 0 Å². The molecule has 4 rings (SSSR count). The number of nitrogens with zero attached hydrogens (tertiary/aromatic N) is 2. The summed E-state index contributed by atoms with van der Waals surface area (Å²) in [5.74, 6) is 0. The lowest BCUT2D eigenvalue weighted by atomic mass is 10.1. The number of hydrogen-bond acceptors (Lipinski definition) is 2. The van der Waals surface area contributed by atoms with Crippen LogP contribution in [0.25, 0.3) is 16.9 Å². The number of pyridine rings is 1. The van der Waals surface area contributed by atoms with Crippen LogP contribution in [-0.2, 0) is 6.42 Å². The van der Waals surface area contributed by atoms with Gasteiger partial charge in [-0.15, -0.1) is 0 Å². The molecule has 0 atom stereocenters. The maximum atomic E-state index is 6.18. The van der Waals surface area contributed by atoms with Crippen molar-refractivity contribution in [3.8, 4) is 11.3 Å². The van der Waals surface area contributed by atoms with Crippen LogP contribution in [0.2, 0.25) is 5.02 Å². The number of aromatic nitrogens is 2. The molecule has 4 heteroatoms. The molecular formula is C18H13ClN2S. The van der Waals surface area contributed by atoms with Gasteiger partial charge in [0.2, 0.25) is 0 Å².